The average Bonchev–Trinajstić information content (AvgIpc) is 2.43. The van der Waals surface area contributed by atoms with Crippen molar-refractivity contribution in [3.05, 3.63) is 24.0 Å². The van der Waals surface area contributed by atoms with Gasteiger partial charge >= 0.3 is 0 Å². The van der Waals surface area contributed by atoms with Gasteiger partial charge in [-0.15, -0.1) is 12.4 Å². The second-order valence-corrected chi connectivity index (χ2v) is 5.02. The van der Waals surface area contributed by atoms with E-state index in [1.165, 1.54) is 12.1 Å². The number of amides is 1. The Labute approximate surface area is 130 Å². The number of rotatable bonds is 5. The van der Waals surface area contributed by atoms with Gasteiger partial charge < -0.3 is 15.4 Å². The highest BCUT2D eigenvalue weighted by Gasteiger charge is 2.17. The SMILES string of the molecule is CCOc1cc(F)ccc1NC(=O)CC1CCNCC1.Cl. The van der Waals surface area contributed by atoms with Crippen molar-refractivity contribution < 1.29 is 13.9 Å². The van der Waals surface area contributed by atoms with Gasteiger partial charge in [-0.25, -0.2) is 4.39 Å². The molecule has 118 valence electrons. The number of anilines is 1. The van der Waals surface area contributed by atoms with Gasteiger partial charge in [-0.1, -0.05) is 0 Å². The molecule has 0 bridgehead atoms. The van der Waals surface area contributed by atoms with Gasteiger partial charge in [0.2, 0.25) is 5.91 Å². The fraction of sp³-hybridized carbons (Fsp3) is 0.533. The molecule has 4 nitrogen and oxygen atoms in total. The van der Waals surface area contributed by atoms with E-state index in [4.69, 9.17) is 4.74 Å². The molecule has 0 spiro atoms. The van der Waals surface area contributed by atoms with Gasteiger partial charge in [0.15, 0.2) is 0 Å². The number of piperidine rings is 1. The average molecular weight is 317 g/mol. The number of halogens is 2. The Hall–Kier alpha value is -1.33. The van der Waals surface area contributed by atoms with Gasteiger partial charge in [-0.3, -0.25) is 4.79 Å². The van der Waals surface area contributed by atoms with E-state index in [0.29, 0.717) is 30.4 Å². The molecule has 0 aliphatic carbocycles. The summed E-state index contributed by atoms with van der Waals surface area (Å²) in [5, 5.41) is 6.10. The van der Waals surface area contributed by atoms with Crippen molar-refractivity contribution in [2.45, 2.75) is 26.2 Å². The zero-order valence-electron chi connectivity index (χ0n) is 12.2. The predicted octanol–water partition coefficient (Wildman–Crippen LogP) is 2.97. The number of carbonyl (C=O) groups excluding carboxylic acids is 1. The molecule has 2 N–H and O–H groups in total. The fourth-order valence-corrected chi connectivity index (χ4v) is 2.42. The Bertz CT molecular complexity index is 465. The number of hydrogen-bond donors (Lipinski definition) is 2. The minimum absolute atomic E-state index is 0. The van der Waals surface area contributed by atoms with Crippen LogP contribution >= 0.6 is 12.4 Å². The molecule has 0 atom stereocenters. The molecule has 0 unspecified atom stereocenters. The zero-order valence-corrected chi connectivity index (χ0v) is 13.0. The third kappa shape index (κ3) is 5.52. The topological polar surface area (TPSA) is 50.4 Å². The molecular weight excluding hydrogens is 295 g/mol. The summed E-state index contributed by atoms with van der Waals surface area (Å²) in [6.45, 7) is 4.20. The van der Waals surface area contributed by atoms with Gasteiger partial charge in [0.1, 0.15) is 11.6 Å². The molecule has 0 saturated carbocycles. The molecule has 1 aliphatic rings. The van der Waals surface area contributed by atoms with Crippen molar-refractivity contribution in [3.63, 3.8) is 0 Å². The lowest BCUT2D eigenvalue weighted by Crippen LogP contribution is -2.30. The number of hydrogen-bond acceptors (Lipinski definition) is 3. The van der Waals surface area contributed by atoms with E-state index >= 15 is 0 Å². The summed E-state index contributed by atoms with van der Waals surface area (Å²) in [7, 11) is 0. The largest absolute Gasteiger partial charge is 0.492 e. The second-order valence-electron chi connectivity index (χ2n) is 5.02. The third-order valence-electron chi connectivity index (χ3n) is 3.45. The fourth-order valence-electron chi connectivity index (χ4n) is 2.42. The molecule has 0 radical (unpaired) electrons. The Morgan fingerprint density at radius 3 is 2.81 bits per heavy atom. The van der Waals surface area contributed by atoms with Crippen LogP contribution in [0.1, 0.15) is 26.2 Å². The minimum atomic E-state index is -0.371. The first-order valence-corrected chi connectivity index (χ1v) is 7.12. The van der Waals surface area contributed by atoms with E-state index in [0.717, 1.165) is 25.9 Å². The van der Waals surface area contributed by atoms with Crippen molar-refractivity contribution in [1.29, 1.82) is 0 Å². The summed E-state index contributed by atoms with van der Waals surface area (Å²) in [6.07, 6.45) is 2.55. The van der Waals surface area contributed by atoms with E-state index in [2.05, 4.69) is 10.6 Å². The lowest BCUT2D eigenvalue weighted by molar-refractivity contribution is -0.117. The quantitative estimate of drug-likeness (QED) is 0.878. The Morgan fingerprint density at radius 1 is 1.43 bits per heavy atom. The zero-order chi connectivity index (χ0) is 14.4. The Morgan fingerprint density at radius 2 is 2.14 bits per heavy atom. The van der Waals surface area contributed by atoms with E-state index < -0.39 is 0 Å². The van der Waals surface area contributed by atoms with Crippen LogP contribution in [-0.4, -0.2) is 25.6 Å². The molecule has 1 saturated heterocycles. The number of benzene rings is 1. The van der Waals surface area contributed by atoms with E-state index in [-0.39, 0.29) is 24.1 Å². The molecular formula is C15H22ClFN2O2. The van der Waals surface area contributed by atoms with E-state index in [1.807, 2.05) is 6.92 Å². The van der Waals surface area contributed by atoms with Crippen molar-refractivity contribution in [1.82, 2.24) is 5.32 Å². The van der Waals surface area contributed by atoms with Gasteiger partial charge in [-0.2, -0.15) is 0 Å². The van der Waals surface area contributed by atoms with Crippen LogP contribution in [0.5, 0.6) is 5.75 Å². The highest BCUT2D eigenvalue weighted by atomic mass is 35.5. The summed E-state index contributed by atoms with van der Waals surface area (Å²) in [4.78, 5) is 12.0. The predicted molar refractivity (Wildman–Crippen MR) is 83.7 cm³/mol. The molecule has 1 aromatic rings. The summed E-state index contributed by atoms with van der Waals surface area (Å²) in [5.41, 5.74) is 0.534. The molecule has 1 fully saturated rings. The summed E-state index contributed by atoms with van der Waals surface area (Å²) in [5.74, 6) is 0.396. The first kappa shape index (κ1) is 17.7. The van der Waals surface area contributed by atoms with E-state index in [1.54, 1.807) is 6.07 Å². The standard InChI is InChI=1S/C15H21FN2O2.ClH/c1-2-20-14-10-12(16)3-4-13(14)18-15(19)9-11-5-7-17-8-6-11;/h3-4,10-11,17H,2,5-9H2,1H3,(H,18,19);1H. The van der Waals surface area contributed by atoms with Crippen LogP contribution in [-0.2, 0) is 4.79 Å². The van der Waals surface area contributed by atoms with Crippen molar-refractivity contribution >= 4 is 24.0 Å². The maximum Gasteiger partial charge on any atom is 0.224 e. The van der Waals surface area contributed by atoms with Crippen LogP contribution < -0.4 is 15.4 Å². The molecule has 1 heterocycles. The molecule has 6 heteroatoms. The summed E-state index contributed by atoms with van der Waals surface area (Å²) < 4.78 is 18.5. The molecule has 0 aromatic heterocycles. The number of ether oxygens (including phenoxy) is 1. The highest BCUT2D eigenvalue weighted by Crippen LogP contribution is 2.26. The number of carbonyl (C=O) groups is 1. The van der Waals surface area contributed by atoms with Crippen LogP contribution in [0.25, 0.3) is 0 Å². The number of nitrogens with one attached hydrogen (secondary N) is 2. The van der Waals surface area contributed by atoms with Gasteiger partial charge in [0.05, 0.1) is 12.3 Å². The maximum absolute atomic E-state index is 13.2. The van der Waals surface area contributed by atoms with Crippen molar-refractivity contribution in [2.75, 3.05) is 25.0 Å². The smallest absolute Gasteiger partial charge is 0.224 e. The molecule has 2 rings (SSSR count). The van der Waals surface area contributed by atoms with E-state index in [9.17, 15) is 9.18 Å². The third-order valence-corrected chi connectivity index (χ3v) is 3.45. The maximum atomic E-state index is 13.2. The molecule has 1 amide bonds. The normalized spacial score (nSPS) is 15.1. The van der Waals surface area contributed by atoms with Crippen LogP contribution in [0.3, 0.4) is 0 Å². The monoisotopic (exact) mass is 316 g/mol. The second kappa shape index (κ2) is 8.85. The van der Waals surface area contributed by atoms with Gasteiger partial charge in [-0.05, 0) is 50.9 Å². The Balaban J connectivity index is 0.00000220. The lowest BCUT2D eigenvalue weighted by atomic mass is 9.94. The van der Waals surface area contributed by atoms with Crippen molar-refractivity contribution in [2.24, 2.45) is 5.92 Å². The van der Waals surface area contributed by atoms with Crippen LogP contribution in [0.15, 0.2) is 18.2 Å². The first-order valence-electron chi connectivity index (χ1n) is 7.12. The summed E-state index contributed by atoms with van der Waals surface area (Å²) in [6, 6.07) is 4.16. The van der Waals surface area contributed by atoms with Crippen LogP contribution in [0, 0.1) is 11.7 Å². The lowest BCUT2D eigenvalue weighted by Gasteiger charge is -2.22. The van der Waals surface area contributed by atoms with Crippen molar-refractivity contribution in [3.8, 4) is 5.75 Å². The van der Waals surface area contributed by atoms with Crippen LogP contribution in [0.2, 0.25) is 0 Å². The van der Waals surface area contributed by atoms with Gasteiger partial charge in [0.25, 0.3) is 0 Å². The highest BCUT2D eigenvalue weighted by molar-refractivity contribution is 5.92. The summed E-state index contributed by atoms with van der Waals surface area (Å²) >= 11 is 0. The minimum Gasteiger partial charge on any atom is -0.492 e. The van der Waals surface area contributed by atoms with Crippen LogP contribution in [0.4, 0.5) is 10.1 Å². The molecule has 1 aromatic carbocycles. The first-order chi connectivity index (χ1) is 9.69. The molecule has 21 heavy (non-hydrogen) atoms. The molecule has 1 aliphatic heterocycles. The van der Waals surface area contributed by atoms with Gasteiger partial charge in [0, 0.05) is 12.5 Å². The Kier molecular flexibility index (Phi) is 7.47.